The van der Waals surface area contributed by atoms with Gasteiger partial charge in [0.25, 0.3) is 5.91 Å². The van der Waals surface area contributed by atoms with Crippen molar-refractivity contribution < 1.29 is 9.53 Å². The van der Waals surface area contributed by atoms with Crippen molar-refractivity contribution in [2.24, 2.45) is 5.92 Å². The molecule has 1 fully saturated rings. The molecule has 0 bridgehead atoms. The number of piperidine rings is 1. The van der Waals surface area contributed by atoms with Gasteiger partial charge in [0.1, 0.15) is 5.65 Å². The first-order valence-corrected chi connectivity index (χ1v) is 10.1. The lowest BCUT2D eigenvalue weighted by atomic mass is 9.96. The van der Waals surface area contributed by atoms with Crippen molar-refractivity contribution in [3.63, 3.8) is 0 Å². The lowest BCUT2D eigenvalue weighted by Crippen LogP contribution is -2.39. The summed E-state index contributed by atoms with van der Waals surface area (Å²) in [7, 11) is 1.75. The number of amides is 1. The van der Waals surface area contributed by atoms with Crippen LogP contribution in [0.5, 0.6) is 0 Å². The molecule has 1 N–H and O–H groups in total. The van der Waals surface area contributed by atoms with Crippen LogP contribution < -0.4 is 5.32 Å². The Morgan fingerprint density at radius 2 is 2.15 bits per heavy atom. The second kappa shape index (κ2) is 9.33. The van der Waals surface area contributed by atoms with Crippen LogP contribution in [-0.2, 0) is 4.74 Å². The van der Waals surface area contributed by atoms with Gasteiger partial charge in [-0.3, -0.25) is 4.79 Å². The fourth-order valence-electron chi connectivity index (χ4n) is 3.67. The number of likely N-dealkylation sites (tertiary alicyclic amines) is 1. The molecular weight excluding hydrogens is 340 g/mol. The number of ether oxygens (including phenoxy) is 1. The number of carbonyl (C=O) groups is 1. The number of imidazole rings is 1. The molecule has 0 aliphatic carbocycles. The molecule has 1 saturated heterocycles. The van der Waals surface area contributed by atoms with Gasteiger partial charge >= 0.3 is 0 Å². The third-order valence-electron chi connectivity index (χ3n) is 5.42. The van der Waals surface area contributed by atoms with Gasteiger partial charge in [0.2, 0.25) is 0 Å². The van der Waals surface area contributed by atoms with Crippen molar-refractivity contribution in [1.82, 2.24) is 19.6 Å². The Morgan fingerprint density at radius 1 is 1.37 bits per heavy atom. The lowest BCUT2D eigenvalue weighted by Gasteiger charge is -2.31. The van der Waals surface area contributed by atoms with E-state index in [4.69, 9.17) is 4.74 Å². The first-order chi connectivity index (χ1) is 13.1. The highest BCUT2D eigenvalue weighted by Gasteiger charge is 2.20. The van der Waals surface area contributed by atoms with Crippen molar-refractivity contribution >= 4 is 11.6 Å². The van der Waals surface area contributed by atoms with Crippen LogP contribution in [0.2, 0.25) is 0 Å². The molecule has 0 atom stereocenters. The molecule has 1 amide bonds. The second-order valence-electron chi connectivity index (χ2n) is 7.81. The summed E-state index contributed by atoms with van der Waals surface area (Å²) in [6, 6.07) is 3.77. The molecule has 148 valence electrons. The number of pyridine rings is 1. The van der Waals surface area contributed by atoms with Gasteiger partial charge in [0, 0.05) is 39.2 Å². The highest BCUT2D eigenvalue weighted by Crippen LogP contribution is 2.19. The number of nitrogens with one attached hydrogen (secondary N) is 1. The molecule has 6 nitrogen and oxygen atoms in total. The Hall–Kier alpha value is -1.92. The molecule has 3 rings (SSSR count). The summed E-state index contributed by atoms with van der Waals surface area (Å²) in [4.78, 5) is 19.9. The minimum Gasteiger partial charge on any atom is -0.385 e. The van der Waals surface area contributed by atoms with Gasteiger partial charge in [0.05, 0.1) is 11.3 Å². The number of fused-ring (bicyclic) bond motifs is 1. The quantitative estimate of drug-likeness (QED) is 0.724. The van der Waals surface area contributed by atoms with Crippen LogP contribution in [0.25, 0.3) is 5.65 Å². The maximum absolute atomic E-state index is 12.7. The van der Waals surface area contributed by atoms with Gasteiger partial charge in [-0.1, -0.05) is 13.8 Å². The Kier molecular flexibility index (Phi) is 6.85. The molecule has 2 aromatic rings. The average Bonchev–Trinajstić information content (AvgIpc) is 3.12. The first-order valence-electron chi connectivity index (χ1n) is 10.1. The van der Waals surface area contributed by atoms with Crippen LogP contribution in [0.4, 0.5) is 0 Å². The van der Waals surface area contributed by atoms with E-state index >= 15 is 0 Å². The van der Waals surface area contributed by atoms with Crippen molar-refractivity contribution in [3.05, 3.63) is 35.8 Å². The van der Waals surface area contributed by atoms with E-state index in [9.17, 15) is 4.79 Å². The zero-order chi connectivity index (χ0) is 19.2. The first kappa shape index (κ1) is 19.8. The normalized spacial score (nSPS) is 16.3. The zero-order valence-electron chi connectivity index (χ0n) is 16.8. The van der Waals surface area contributed by atoms with Crippen LogP contribution in [0, 0.1) is 5.92 Å². The molecule has 1 aliphatic rings. The summed E-state index contributed by atoms with van der Waals surface area (Å²) in [6.45, 7) is 9.12. The van der Waals surface area contributed by atoms with Gasteiger partial charge in [-0.15, -0.1) is 0 Å². The summed E-state index contributed by atoms with van der Waals surface area (Å²) in [6.07, 6.45) is 7.32. The average molecular weight is 373 g/mol. The number of methoxy groups -OCH3 is 1. The lowest BCUT2D eigenvalue weighted by molar-refractivity contribution is 0.0934. The monoisotopic (exact) mass is 372 g/mol. The van der Waals surface area contributed by atoms with Crippen LogP contribution in [0.1, 0.15) is 55.1 Å². The third kappa shape index (κ3) is 5.08. The van der Waals surface area contributed by atoms with Crippen molar-refractivity contribution in [2.75, 3.05) is 39.9 Å². The van der Waals surface area contributed by atoms with E-state index in [1.54, 1.807) is 7.11 Å². The number of hydrogen-bond acceptors (Lipinski definition) is 4. The van der Waals surface area contributed by atoms with E-state index in [1.807, 2.05) is 28.9 Å². The van der Waals surface area contributed by atoms with Gasteiger partial charge in [0.15, 0.2) is 0 Å². The Bertz CT molecular complexity index is 748. The summed E-state index contributed by atoms with van der Waals surface area (Å²) < 4.78 is 7.07. The van der Waals surface area contributed by atoms with Crippen molar-refractivity contribution in [1.29, 1.82) is 0 Å². The van der Waals surface area contributed by atoms with E-state index in [2.05, 4.69) is 29.0 Å². The molecule has 0 spiro atoms. The highest BCUT2D eigenvalue weighted by atomic mass is 16.5. The molecule has 0 radical (unpaired) electrons. The van der Waals surface area contributed by atoms with Crippen LogP contribution in [0.15, 0.2) is 24.5 Å². The minimum atomic E-state index is -0.0240. The van der Waals surface area contributed by atoms with Gasteiger partial charge in [-0.25, -0.2) is 4.98 Å². The molecule has 6 heteroatoms. The van der Waals surface area contributed by atoms with Crippen LogP contribution >= 0.6 is 0 Å². The van der Waals surface area contributed by atoms with Crippen LogP contribution in [0.3, 0.4) is 0 Å². The smallest absolute Gasteiger partial charge is 0.255 e. The molecule has 3 heterocycles. The largest absolute Gasteiger partial charge is 0.385 e. The number of carbonyl (C=O) groups excluding carboxylic acids is 1. The third-order valence-corrected chi connectivity index (χ3v) is 5.42. The Balaban J connectivity index is 1.52. The maximum Gasteiger partial charge on any atom is 0.255 e. The minimum absolute atomic E-state index is 0.0240. The van der Waals surface area contributed by atoms with Gasteiger partial charge in [-0.2, -0.15) is 0 Å². The highest BCUT2D eigenvalue weighted by molar-refractivity contribution is 5.99. The van der Waals surface area contributed by atoms with E-state index in [0.29, 0.717) is 17.4 Å². The molecule has 0 aromatic carbocycles. The Morgan fingerprint density at radius 3 is 2.85 bits per heavy atom. The van der Waals surface area contributed by atoms with Crippen molar-refractivity contribution in [3.8, 4) is 0 Å². The number of hydrogen-bond donors (Lipinski definition) is 1. The van der Waals surface area contributed by atoms with E-state index in [-0.39, 0.29) is 5.91 Å². The standard InChI is InChI=1S/C21H32N4O2/c1-16(2)19-15-25-10-4-6-18(20(25)23-19)21(26)22-14-17-7-11-24(12-8-17)9-5-13-27-3/h4,6,10,15-17H,5,7-9,11-14H2,1-3H3,(H,22,26). The fourth-order valence-corrected chi connectivity index (χ4v) is 3.67. The summed E-state index contributed by atoms with van der Waals surface area (Å²) in [5.74, 6) is 0.872. The van der Waals surface area contributed by atoms with E-state index < -0.39 is 0 Å². The fraction of sp³-hybridized carbons (Fsp3) is 0.619. The summed E-state index contributed by atoms with van der Waals surface area (Å²) in [5, 5.41) is 3.14. The maximum atomic E-state index is 12.7. The SMILES string of the molecule is COCCCN1CCC(CNC(=O)c2cccn3cc(C(C)C)nc23)CC1. The number of rotatable bonds is 8. The molecule has 0 saturated carbocycles. The van der Waals surface area contributed by atoms with Gasteiger partial charge in [-0.05, 0) is 56.3 Å². The summed E-state index contributed by atoms with van der Waals surface area (Å²) in [5.41, 5.74) is 2.41. The zero-order valence-corrected chi connectivity index (χ0v) is 16.8. The molecular formula is C21H32N4O2. The number of aromatic nitrogens is 2. The predicted octanol–water partition coefficient (Wildman–Crippen LogP) is 2.94. The number of nitrogens with zero attached hydrogens (tertiary/aromatic N) is 3. The topological polar surface area (TPSA) is 58.9 Å². The Labute approximate surface area is 161 Å². The second-order valence-corrected chi connectivity index (χ2v) is 7.81. The molecule has 2 aromatic heterocycles. The molecule has 1 aliphatic heterocycles. The predicted molar refractivity (Wildman–Crippen MR) is 107 cm³/mol. The van der Waals surface area contributed by atoms with E-state index in [1.165, 1.54) is 0 Å². The van der Waals surface area contributed by atoms with Gasteiger partial charge < -0.3 is 19.4 Å². The van der Waals surface area contributed by atoms with E-state index in [0.717, 1.165) is 63.4 Å². The van der Waals surface area contributed by atoms with Crippen molar-refractivity contribution in [2.45, 2.75) is 39.0 Å². The molecule has 27 heavy (non-hydrogen) atoms. The van der Waals surface area contributed by atoms with Crippen LogP contribution in [-0.4, -0.2) is 60.1 Å². The summed E-state index contributed by atoms with van der Waals surface area (Å²) >= 11 is 0. The molecule has 0 unspecified atom stereocenters.